The quantitative estimate of drug-likeness (QED) is 0.338. The number of nitrogens with zero attached hydrogens (tertiary/aromatic N) is 1. The fourth-order valence-electron chi connectivity index (χ4n) is 4.82. The van der Waals surface area contributed by atoms with E-state index in [-0.39, 0.29) is 5.91 Å². The smallest absolute Gasteiger partial charge is 0.251 e. The molecule has 2 aromatic rings. The fraction of sp³-hybridized carbons (Fsp3) is 0.469. The van der Waals surface area contributed by atoms with Crippen LogP contribution in [0.4, 0.5) is 5.69 Å². The molecular formula is C32H42N2O4. The van der Waals surface area contributed by atoms with Crippen LogP contribution in [0.3, 0.4) is 0 Å². The molecule has 0 bridgehead atoms. The average Bonchev–Trinajstić information content (AvgIpc) is 3.38. The first-order valence-corrected chi connectivity index (χ1v) is 14.0. The highest BCUT2D eigenvalue weighted by atomic mass is 16.5. The first kappa shape index (κ1) is 27.9. The third kappa shape index (κ3) is 7.71. The zero-order chi connectivity index (χ0) is 26.7. The molecule has 2 aliphatic heterocycles. The summed E-state index contributed by atoms with van der Waals surface area (Å²) in [5.74, 6) is 1.33. The number of fused-ring (bicyclic) bond motifs is 1. The Morgan fingerprint density at radius 1 is 1.13 bits per heavy atom. The number of unbranched alkanes of at least 4 members (excludes halogenated alkanes) is 1. The summed E-state index contributed by atoms with van der Waals surface area (Å²) in [6, 6.07) is 14.8. The van der Waals surface area contributed by atoms with Crippen LogP contribution in [-0.4, -0.2) is 52.0 Å². The summed E-state index contributed by atoms with van der Waals surface area (Å²) >= 11 is 0. The zero-order valence-corrected chi connectivity index (χ0v) is 23.1. The topological polar surface area (TPSA) is 60.0 Å². The molecule has 1 amide bonds. The second-order valence-corrected chi connectivity index (χ2v) is 10.1. The third-order valence-electron chi connectivity index (χ3n) is 7.21. The van der Waals surface area contributed by atoms with Gasteiger partial charge in [0.2, 0.25) is 0 Å². The molecule has 2 aromatic carbocycles. The number of amides is 1. The standard InChI is InChI=1S/C32H42N2O4/c1-4-6-16-36-18-19-38-30-10-7-26(8-11-30)27-9-12-31-29(20-27)21-28(32(35)33-24(3)5-2)13-15-34(31)22-25-14-17-37-23-25/h5,7-12,20-21,25H,4,6,13-19,22-23H2,1-3H3,(H,33,35)/b24-5+/t25-/m1/s1. The molecule has 1 saturated heterocycles. The summed E-state index contributed by atoms with van der Waals surface area (Å²) in [4.78, 5) is 15.5. The van der Waals surface area contributed by atoms with Crippen LogP contribution in [0, 0.1) is 5.92 Å². The molecule has 0 saturated carbocycles. The highest BCUT2D eigenvalue weighted by molar-refractivity contribution is 6.00. The molecule has 0 radical (unpaired) electrons. The van der Waals surface area contributed by atoms with Gasteiger partial charge in [-0.25, -0.2) is 0 Å². The lowest BCUT2D eigenvalue weighted by molar-refractivity contribution is -0.116. The van der Waals surface area contributed by atoms with Crippen molar-refractivity contribution in [3.8, 4) is 16.9 Å². The van der Waals surface area contributed by atoms with E-state index in [1.165, 1.54) is 5.69 Å². The Labute approximate surface area is 227 Å². The predicted molar refractivity (Wildman–Crippen MR) is 154 cm³/mol. The lowest BCUT2D eigenvalue weighted by Gasteiger charge is -2.28. The number of carbonyl (C=O) groups excluding carboxylic acids is 1. The summed E-state index contributed by atoms with van der Waals surface area (Å²) in [6.07, 6.45) is 8.00. The van der Waals surface area contributed by atoms with Crippen molar-refractivity contribution in [3.63, 3.8) is 0 Å². The highest BCUT2D eigenvalue weighted by Gasteiger charge is 2.24. The summed E-state index contributed by atoms with van der Waals surface area (Å²) < 4.78 is 17.1. The maximum absolute atomic E-state index is 13.1. The van der Waals surface area contributed by atoms with Crippen molar-refractivity contribution >= 4 is 17.7 Å². The number of hydrogen-bond acceptors (Lipinski definition) is 5. The van der Waals surface area contributed by atoms with E-state index in [2.05, 4.69) is 53.5 Å². The molecule has 0 spiro atoms. The molecule has 6 heteroatoms. The molecule has 0 aromatic heterocycles. The van der Waals surface area contributed by atoms with Gasteiger partial charge in [-0.3, -0.25) is 4.79 Å². The van der Waals surface area contributed by atoms with Crippen molar-refractivity contribution < 1.29 is 19.0 Å². The maximum atomic E-state index is 13.1. The lowest BCUT2D eigenvalue weighted by atomic mass is 9.99. The molecule has 1 atom stereocenters. The zero-order valence-electron chi connectivity index (χ0n) is 23.1. The van der Waals surface area contributed by atoms with Crippen LogP contribution in [0.15, 0.2) is 59.8 Å². The van der Waals surface area contributed by atoms with E-state index >= 15 is 0 Å². The third-order valence-corrected chi connectivity index (χ3v) is 7.21. The van der Waals surface area contributed by atoms with E-state index in [1.54, 1.807) is 0 Å². The predicted octanol–water partition coefficient (Wildman–Crippen LogP) is 6.22. The summed E-state index contributed by atoms with van der Waals surface area (Å²) in [6.45, 7) is 11.3. The highest BCUT2D eigenvalue weighted by Crippen LogP contribution is 2.34. The van der Waals surface area contributed by atoms with Crippen molar-refractivity contribution in [1.82, 2.24) is 5.32 Å². The van der Waals surface area contributed by atoms with E-state index in [0.717, 1.165) is 85.9 Å². The van der Waals surface area contributed by atoms with Gasteiger partial charge in [-0.15, -0.1) is 0 Å². The second kappa shape index (κ2) is 14.2. The van der Waals surface area contributed by atoms with E-state index in [4.69, 9.17) is 14.2 Å². The van der Waals surface area contributed by atoms with Crippen LogP contribution in [0.2, 0.25) is 0 Å². The van der Waals surface area contributed by atoms with E-state index in [9.17, 15) is 4.79 Å². The van der Waals surface area contributed by atoms with Crippen LogP contribution in [0.25, 0.3) is 17.2 Å². The number of carbonyl (C=O) groups is 1. The number of hydrogen-bond donors (Lipinski definition) is 1. The van der Waals surface area contributed by atoms with Crippen molar-refractivity contribution in [2.75, 3.05) is 51.0 Å². The Bertz CT molecular complexity index is 1120. The summed E-state index contributed by atoms with van der Waals surface area (Å²) in [5, 5.41) is 3.02. The molecule has 1 N–H and O–H groups in total. The van der Waals surface area contributed by atoms with Crippen LogP contribution in [-0.2, 0) is 14.3 Å². The molecule has 6 nitrogen and oxygen atoms in total. The van der Waals surface area contributed by atoms with E-state index < -0.39 is 0 Å². The Morgan fingerprint density at radius 2 is 1.95 bits per heavy atom. The lowest BCUT2D eigenvalue weighted by Crippen LogP contribution is -2.31. The number of benzene rings is 2. The van der Waals surface area contributed by atoms with Gasteiger partial charge in [0, 0.05) is 49.2 Å². The van der Waals surface area contributed by atoms with Crippen LogP contribution < -0.4 is 15.0 Å². The number of allylic oxidation sites excluding steroid dienone is 2. The summed E-state index contributed by atoms with van der Waals surface area (Å²) in [5.41, 5.74) is 6.15. The van der Waals surface area contributed by atoms with E-state index in [0.29, 0.717) is 25.6 Å². The van der Waals surface area contributed by atoms with Gasteiger partial charge in [-0.05, 0) is 80.1 Å². The number of nitrogens with one attached hydrogen (secondary N) is 1. The average molecular weight is 519 g/mol. The molecule has 38 heavy (non-hydrogen) atoms. The van der Waals surface area contributed by atoms with Gasteiger partial charge < -0.3 is 24.4 Å². The van der Waals surface area contributed by atoms with Gasteiger partial charge >= 0.3 is 0 Å². The van der Waals surface area contributed by atoms with Gasteiger partial charge in [0.25, 0.3) is 5.91 Å². The SMILES string of the molecule is C/C=C(\C)NC(=O)C1=Cc2cc(-c3ccc(OCCOCCCC)cc3)ccc2N(C[C@H]2CCOC2)CC1. The monoisotopic (exact) mass is 518 g/mol. The van der Waals surface area contributed by atoms with Crippen molar-refractivity contribution in [2.45, 2.75) is 46.5 Å². The second-order valence-electron chi connectivity index (χ2n) is 10.1. The molecule has 204 valence electrons. The van der Waals surface area contributed by atoms with Crippen molar-refractivity contribution in [1.29, 1.82) is 0 Å². The van der Waals surface area contributed by atoms with Gasteiger partial charge in [-0.1, -0.05) is 37.6 Å². The van der Waals surface area contributed by atoms with Gasteiger partial charge in [-0.2, -0.15) is 0 Å². The largest absolute Gasteiger partial charge is 0.491 e. The molecule has 4 rings (SSSR count). The molecule has 2 heterocycles. The van der Waals surface area contributed by atoms with Crippen molar-refractivity contribution in [3.05, 3.63) is 65.4 Å². The first-order chi connectivity index (χ1) is 18.6. The Kier molecular flexibility index (Phi) is 10.4. The van der Waals surface area contributed by atoms with E-state index in [1.807, 2.05) is 32.1 Å². The van der Waals surface area contributed by atoms with Crippen molar-refractivity contribution in [2.24, 2.45) is 5.92 Å². The minimum atomic E-state index is -0.0248. The maximum Gasteiger partial charge on any atom is 0.251 e. The minimum absolute atomic E-state index is 0.0248. The van der Waals surface area contributed by atoms with Crippen LogP contribution in [0.5, 0.6) is 5.75 Å². The summed E-state index contributed by atoms with van der Waals surface area (Å²) in [7, 11) is 0. The van der Waals surface area contributed by atoms with Crippen LogP contribution >= 0.6 is 0 Å². The molecular weight excluding hydrogens is 476 g/mol. The number of rotatable bonds is 12. The Balaban J connectivity index is 1.52. The minimum Gasteiger partial charge on any atom is -0.491 e. The van der Waals surface area contributed by atoms with Crippen LogP contribution in [0.1, 0.15) is 52.0 Å². The molecule has 1 fully saturated rings. The number of anilines is 1. The fourth-order valence-corrected chi connectivity index (χ4v) is 4.82. The molecule has 0 aliphatic carbocycles. The Hall–Kier alpha value is -3.09. The number of ether oxygens (including phenoxy) is 3. The van der Waals surface area contributed by atoms with Gasteiger partial charge in [0.1, 0.15) is 12.4 Å². The Morgan fingerprint density at radius 3 is 2.68 bits per heavy atom. The normalized spacial score (nSPS) is 17.6. The molecule has 0 unspecified atom stereocenters. The first-order valence-electron chi connectivity index (χ1n) is 14.0. The van der Waals surface area contributed by atoms with Gasteiger partial charge in [0.15, 0.2) is 0 Å². The molecule has 2 aliphatic rings. The van der Waals surface area contributed by atoms with Gasteiger partial charge in [0.05, 0.1) is 13.2 Å².